The quantitative estimate of drug-likeness (QED) is 0.290. The number of rotatable bonds is 5. The molecule has 0 saturated carbocycles. The molecule has 0 spiro atoms. The molecule has 0 aromatic carbocycles. The Morgan fingerprint density at radius 1 is 1.63 bits per heavy atom. The van der Waals surface area contributed by atoms with Crippen LogP contribution in [0.3, 0.4) is 0 Å². The lowest BCUT2D eigenvalue weighted by Gasteiger charge is -2.30. The summed E-state index contributed by atoms with van der Waals surface area (Å²) in [7, 11) is 3.66. The molecule has 8 heteroatoms. The van der Waals surface area contributed by atoms with Gasteiger partial charge in [0, 0.05) is 26.8 Å². The summed E-state index contributed by atoms with van der Waals surface area (Å²) in [5.74, 6) is 0. The molecule has 0 aromatic heterocycles. The van der Waals surface area contributed by atoms with Gasteiger partial charge in [0.2, 0.25) is 0 Å². The van der Waals surface area contributed by atoms with Crippen molar-refractivity contribution in [3.05, 3.63) is 11.8 Å². The van der Waals surface area contributed by atoms with Gasteiger partial charge in [0.15, 0.2) is 0 Å². The second-order valence-electron chi connectivity index (χ2n) is 4.03. The molecule has 1 unspecified atom stereocenters. The van der Waals surface area contributed by atoms with Crippen LogP contribution in [-0.2, 0) is 4.74 Å². The number of hydrazone groups is 1. The minimum absolute atomic E-state index is 0.233. The first-order chi connectivity index (χ1) is 9.13. The summed E-state index contributed by atoms with van der Waals surface area (Å²) < 4.78 is 5.07. The molecule has 104 valence electrons. The van der Waals surface area contributed by atoms with Gasteiger partial charge in [0.05, 0.1) is 31.3 Å². The largest absolute Gasteiger partial charge is 0.376 e. The van der Waals surface area contributed by atoms with Crippen molar-refractivity contribution in [2.24, 2.45) is 10.1 Å². The fourth-order valence-electron chi connectivity index (χ4n) is 1.22. The second-order valence-corrected chi connectivity index (χ2v) is 4.03. The summed E-state index contributed by atoms with van der Waals surface area (Å²) in [4.78, 5) is 5.69. The van der Waals surface area contributed by atoms with Gasteiger partial charge in [0.25, 0.3) is 0 Å². The molecule has 2 N–H and O–H groups in total. The van der Waals surface area contributed by atoms with E-state index in [1.165, 1.54) is 17.4 Å². The Morgan fingerprint density at radius 3 is 3.05 bits per heavy atom. The lowest BCUT2D eigenvalue weighted by atomic mass is 10.3. The van der Waals surface area contributed by atoms with Crippen molar-refractivity contribution in [1.82, 2.24) is 15.4 Å². The molecule has 0 radical (unpaired) electrons. The minimum atomic E-state index is -0.743. The highest BCUT2D eigenvalue weighted by Gasteiger charge is 2.19. The Labute approximate surface area is 112 Å². The van der Waals surface area contributed by atoms with E-state index in [0.29, 0.717) is 18.7 Å². The average Bonchev–Trinajstić information content (AvgIpc) is 2.38. The SMILES string of the molecule is CN(C)C=NC=C(C#N)C=NNN1CCOCC1O. The molecule has 1 fully saturated rings. The lowest BCUT2D eigenvalue weighted by Crippen LogP contribution is -2.50. The van der Waals surface area contributed by atoms with Gasteiger partial charge in [-0.15, -0.1) is 0 Å². The summed E-state index contributed by atoms with van der Waals surface area (Å²) >= 11 is 0. The van der Waals surface area contributed by atoms with Crippen LogP contribution in [0.1, 0.15) is 0 Å². The van der Waals surface area contributed by atoms with Crippen molar-refractivity contribution in [2.45, 2.75) is 6.23 Å². The highest BCUT2D eigenvalue weighted by Crippen LogP contribution is 1.99. The van der Waals surface area contributed by atoms with E-state index in [0.717, 1.165) is 0 Å². The van der Waals surface area contributed by atoms with E-state index in [1.807, 2.05) is 20.2 Å². The molecule has 1 saturated heterocycles. The maximum absolute atomic E-state index is 9.55. The van der Waals surface area contributed by atoms with Gasteiger partial charge >= 0.3 is 0 Å². The van der Waals surface area contributed by atoms with E-state index < -0.39 is 6.23 Å². The monoisotopic (exact) mass is 266 g/mol. The standard InChI is InChI=1S/C11H18N6O2/c1-16(2)9-13-6-10(5-12)7-14-15-17-3-4-19-8-11(17)18/h6-7,9,11,15,18H,3-4,8H2,1-2H3. The van der Waals surface area contributed by atoms with Crippen LogP contribution in [0.2, 0.25) is 0 Å². The van der Waals surface area contributed by atoms with Crippen LogP contribution in [0, 0.1) is 11.3 Å². The molecule has 0 aromatic rings. The van der Waals surface area contributed by atoms with E-state index in [4.69, 9.17) is 10.00 Å². The van der Waals surface area contributed by atoms with Gasteiger partial charge in [-0.1, -0.05) is 0 Å². The molecular weight excluding hydrogens is 248 g/mol. The maximum Gasteiger partial charge on any atom is 0.148 e. The van der Waals surface area contributed by atoms with Crippen LogP contribution in [0.4, 0.5) is 0 Å². The maximum atomic E-state index is 9.55. The predicted octanol–water partition coefficient (Wildman–Crippen LogP) is -0.875. The third kappa shape index (κ3) is 5.96. The highest BCUT2D eigenvalue weighted by molar-refractivity contribution is 5.83. The van der Waals surface area contributed by atoms with Gasteiger partial charge in [-0.2, -0.15) is 15.4 Å². The molecule has 1 heterocycles. The lowest BCUT2D eigenvalue weighted by molar-refractivity contribution is -0.127. The zero-order valence-corrected chi connectivity index (χ0v) is 11.0. The van der Waals surface area contributed by atoms with Crippen LogP contribution < -0.4 is 5.53 Å². The van der Waals surface area contributed by atoms with Crippen molar-refractivity contribution < 1.29 is 9.84 Å². The van der Waals surface area contributed by atoms with E-state index in [9.17, 15) is 5.11 Å². The van der Waals surface area contributed by atoms with Gasteiger partial charge in [0.1, 0.15) is 12.3 Å². The zero-order chi connectivity index (χ0) is 14.1. The normalized spacial score (nSPS) is 21.8. The molecule has 1 rings (SSSR count). The third-order valence-electron chi connectivity index (χ3n) is 2.13. The van der Waals surface area contributed by atoms with Crippen LogP contribution in [0.5, 0.6) is 0 Å². The summed E-state index contributed by atoms with van der Waals surface area (Å²) in [5.41, 5.74) is 2.95. The molecule has 0 bridgehead atoms. The van der Waals surface area contributed by atoms with Crippen molar-refractivity contribution in [3.63, 3.8) is 0 Å². The van der Waals surface area contributed by atoms with Crippen molar-refractivity contribution in [3.8, 4) is 6.07 Å². The molecule has 1 aliphatic heterocycles. The van der Waals surface area contributed by atoms with Crippen LogP contribution in [0.25, 0.3) is 0 Å². The number of morpholine rings is 1. The molecule has 1 atom stereocenters. The van der Waals surface area contributed by atoms with Gasteiger partial charge < -0.3 is 14.7 Å². The number of hydrogen-bond acceptors (Lipinski definition) is 7. The van der Waals surface area contributed by atoms with Gasteiger partial charge in [-0.3, -0.25) is 0 Å². The van der Waals surface area contributed by atoms with E-state index in [-0.39, 0.29) is 6.61 Å². The number of hydrogen-bond donors (Lipinski definition) is 2. The first kappa shape index (κ1) is 15.1. The number of aliphatic imine (C=N–C) groups is 1. The van der Waals surface area contributed by atoms with E-state index in [2.05, 4.69) is 15.6 Å². The third-order valence-corrected chi connectivity index (χ3v) is 2.13. The van der Waals surface area contributed by atoms with E-state index in [1.54, 1.807) is 11.2 Å². The topological polar surface area (TPSA) is 96.5 Å². The predicted molar refractivity (Wildman–Crippen MR) is 71.0 cm³/mol. The van der Waals surface area contributed by atoms with Crippen LogP contribution >= 0.6 is 0 Å². The first-order valence-electron chi connectivity index (χ1n) is 5.74. The zero-order valence-electron chi connectivity index (χ0n) is 11.0. The van der Waals surface area contributed by atoms with Crippen molar-refractivity contribution in [2.75, 3.05) is 33.9 Å². The molecule has 0 amide bonds. The van der Waals surface area contributed by atoms with Gasteiger partial charge in [-0.25, -0.2) is 10.5 Å². The number of nitrogens with one attached hydrogen (secondary N) is 1. The van der Waals surface area contributed by atoms with Gasteiger partial charge in [-0.05, 0) is 0 Å². The minimum Gasteiger partial charge on any atom is -0.376 e. The summed E-state index contributed by atoms with van der Waals surface area (Å²) in [6.07, 6.45) is 3.58. The van der Waals surface area contributed by atoms with Crippen molar-refractivity contribution >= 4 is 12.6 Å². The fourth-order valence-corrected chi connectivity index (χ4v) is 1.22. The van der Waals surface area contributed by atoms with Crippen LogP contribution in [0.15, 0.2) is 21.9 Å². The Hall–Kier alpha value is -1.95. The van der Waals surface area contributed by atoms with Crippen LogP contribution in [-0.4, -0.2) is 67.7 Å². The molecule has 0 aliphatic carbocycles. The summed E-state index contributed by atoms with van der Waals surface area (Å²) in [5, 5.41) is 23.8. The fraction of sp³-hybridized carbons (Fsp3) is 0.545. The Bertz CT molecular complexity index is 398. The Morgan fingerprint density at radius 2 is 2.42 bits per heavy atom. The summed E-state index contributed by atoms with van der Waals surface area (Å²) in [6.45, 7) is 1.27. The Kier molecular flexibility index (Phi) is 6.52. The number of aliphatic hydroxyl groups is 1. The number of nitrogens with zero attached hydrogens (tertiary/aromatic N) is 5. The van der Waals surface area contributed by atoms with E-state index >= 15 is 0 Å². The van der Waals surface area contributed by atoms with Crippen molar-refractivity contribution in [1.29, 1.82) is 5.26 Å². The number of allylic oxidation sites excluding steroid dienone is 1. The Balaban J connectivity index is 2.47. The number of nitriles is 1. The molecule has 8 nitrogen and oxygen atoms in total. The number of aliphatic hydroxyl groups excluding tert-OH is 1. The first-order valence-corrected chi connectivity index (χ1v) is 5.74. The highest BCUT2D eigenvalue weighted by atomic mass is 16.5. The second kappa shape index (κ2) is 8.20. The molecule has 19 heavy (non-hydrogen) atoms. The number of ether oxygens (including phenoxy) is 1. The number of hydrazine groups is 1. The molecule has 1 aliphatic rings. The molecular formula is C11H18N6O2. The summed E-state index contributed by atoms with van der Waals surface area (Å²) in [6, 6.07) is 1.96. The average molecular weight is 266 g/mol. The smallest absolute Gasteiger partial charge is 0.148 e.